The fraction of sp³-hybridized carbons (Fsp3) is 0.188. The fourth-order valence-electron chi connectivity index (χ4n) is 2.24. The third kappa shape index (κ3) is 4.94. The van der Waals surface area contributed by atoms with Crippen LogP contribution in [0, 0.1) is 0 Å². The molecule has 0 amide bonds. The average molecular weight is 395 g/mol. The first-order chi connectivity index (χ1) is 12.0. The summed E-state index contributed by atoms with van der Waals surface area (Å²) in [5, 5.41) is 16.5. The van der Waals surface area contributed by atoms with Gasteiger partial charge in [-0.3, -0.25) is 9.36 Å². The van der Waals surface area contributed by atoms with E-state index < -0.39 is 0 Å². The Morgan fingerprint density at radius 2 is 2.12 bits per heavy atom. The zero-order valence-corrected chi connectivity index (χ0v) is 15.7. The molecule has 130 valence electrons. The summed E-state index contributed by atoms with van der Waals surface area (Å²) in [7, 11) is 1.88. The molecule has 1 aromatic carbocycles. The molecule has 0 saturated carbocycles. The minimum Gasteiger partial charge on any atom is -0.357 e. The van der Waals surface area contributed by atoms with Gasteiger partial charge in [-0.2, -0.15) is 10.2 Å². The summed E-state index contributed by atoms with van der Waals surface area (Å²) in [4.78, 5) is 0. The molecule has 0 atom stereocenters. The van der Waals surface area contributed by atoms with E-state index in [1.807, 2.05) is 37.6 Å². The van der Waals surface area contributed by atoms with Crippen molar-refractivity contribution >= 4 is 46.2 Å². The predicted molar refractivity (Wildman–Crippen MR) is 104 cm³/mol. The molecule has 0 radical (unpaired) electrons. The zero-order valence-electron chi connectivity index (χ0n) is 13.4. The summed E-state index contributed by atoms with van der Waals surface area (Å²) in [6, 6.07) is 7.35. The Balaban J connectivity index is 1.55. The van der Waals surface area contributed by atoms with E-state index >= 15 is 0 Å². The highest BCUT2D eigenvalue weighted by molar-refractivity contribution is 7.80. The van der Waals surface area contributed by atoms with Crippen LogP contribution in [0.25, 0.3) is 0 Å². The van der Waals surface area contributed by atoms with Gasteiger partial charge in [-0.25, -0.2) is 0 Å². The van der Waals surface area contributed by atoms with Crippen molar-refractivity contribution in [1.82, 2.24) is 24.9 Å². The first-order valence-corrected chi connectivity index (χ1v) is 8.66. The molecule has 25 heavy (non-hydrogen) atoms. The van der Waals surface area contributed by atoms with Gasteiger partial charge in [0.2, 0.25) is 0 Å². The molecule has 3 aromatic rings. The Bertz CT molecular complexity index is 888. The number of thiocarbonyl (C=S) groups is 1. The number of aromatic nitrogens is 4. The predicted octanol–water partition coefficient (Wildman–Crippen LogP) is 3.46. The topological polar surface area (TPSA) is 59.7 Å². The molecule has 9 heteroatoms. The maximum atomic E-state index is 6.19. The maximum Gasteiger partial charge on any atom is 0.171 e. The lowest BCUT2D eigenvalue weighted by atomic mass is 10.2. The number of hydrogen-bond acceptors (Lipinski definition) is 3. The summed E-state index contributed by atoms with van der Waals surface area (Å²) in [5.74, 6) is 0. The van der Waals surface area contributed by atoms with Gasteiger partial charge in [-0.15, -0.1) is 0 Å². The van der Waals surface area contributed by atoms with Gasteiger partial charge in [0, 0.05) is 29.5 Å². The van der Waals surface area contributed by atoms with Gasteiger partial charge in [0.15, 0.2) is 5.11 Å². The van der Waals surface area contributed by atoms with Crippen molar-refractivity contribution in [2.75, 3.05) is 5.32 Å². The average Bonchev–Trinajstić information content (AvgIpc) is 3.17. The smallest absolute Gasteiger partial charge is 0.171 e. The number of halogens is 2. The number of aryl methyl sites for hydroxylation is 1. The van der Waals surface area contributed by atoms with Gasteiger partial charge in [0.05, 0.1) is 30.7 Å². The molecule has 0 aliphatic rings. The second kappa shape index (κ2) is 7.86. The quantitative estimate of drug-likeness (QED) is 0.648. The second-order valence-corrected chi connectivity index (χ2v) is 6.70. The van der Waals surface area contributed by atoms with Crippen LogP contribution in [0.15, 0.2) is 42.9 Å². The van der Waals surface area contributed by atoms with Gasteiger partial charge in [-0.05, 0) is 36.0 Å². The lowest BCUT2D eigenvalue weighted by Gasteiger charge is -2.07. The Kier molecular flexibility index (Phi) is 5.57. The summed E-state index contributed by atoms with van der Waals surface area (Å²) >= 11 is 17.4. The van der Waals surface area contributed by atoms with Crippen molar-refractivity contribution < 1.29 is 0 Å². The lowest BCUT2D eigenvalue weighted by molar-refractivity contribution is 0.687. The van der Waals surface area contributed by atoms with E-state index in [0.29, 0.717) is 28.2 Å². The summed E-state index contributed by atoms with van der Waals surface area (Å²) in [6.07, 6.45) is 5.46. The molecule has 3 rings (SSSR count). The Morgan fingerprint density at radius 3 is 2.84 bits per heavy atom. The van der Waals surface area contributed by atoms with E-state index in [0.717, 1.165) is 16.9 Å². The molecule has 6 nitrogen and oxygen atoms in total. The Labute approximate surface area is 160 Å². The summed E-state index contributed by atoms with van der Waals surface area (Å²) in [5.41, 5.74) is 2.65. The van der Waals surface area contributed by atoms with Crippen molar-refractivity contribution in [2.45, 2.75) is 13.1 Å². The number of hydrogen-bond donors (Lipinski definition) is 2. The molecule has 2 aromatic heterocycles. The standard InChI is InChI=1S/C16H16Cl2N6S/c1-23-5-4-13(22-23)7-19-16(25)21-14-8-20-24(10-14)9-11-2-3-12(17)6-15(11)18/h2-6,8,10H,7,9H2,1H3,(H2,19,21,25). The molecular formula is C16H16Cl2N6S. The van der Waals surface area contributed by atoms with Crippen molar-refractivity contribution in [2.24, 2.45) is 7.05 Å². The number of benzene rings is 1. The molecule has 0 saturated heterocycles. The highest BCUT2D eigenvalue weighted by Crippen LogP contribution is 2.22. The molecular weight excluding hydrogens is 379 g/mol. The van der Waals surface area contributed by atoms with E-state index in [4.69, 9.17) is 35.4 Å². The van der Waals surface area contributed by atoms with Crippen molar-refractivity contribution in [3.63, 3.8) is 0 Å². The third-order valence-corrected chi connectivity index (χ3v) is 4.27. The van der Waals surface area contributed by atoms with Gasteiger partial charge < -0.3 is 10.6 Å². The van der Waals surface area contributed by atoms with Crippen LogP contribution in [-0.2, 0) is 20.1 Å². The van der Waals surface area contributed by atoms with Crippen LogP contribution in [0.2, 0.25) is 10.0 Å². The van der Waals surface area contributed by atoms with Crippen LogP contribution < -0.4 is 10.6 Å². The molecule has 0 fully saturated rings. The van der Waals surface area contributed by atoms with Crippen LogP contribution in [0.1, 0.15) is 11.3 Å². The van der Waals surface area contributed by atoms with E-state index in [-0.39, 0.29) is 0 Å². The first kappa shape index (κ1) is 17.7. The van der Waals surface area contributed by atoms with Crippen molar-refractivity contribution in [1.29, 1.82) is 0 Å². The molecule has 0 bridgehead atoms. The van der Waals surface area contributed by atoms with E-state index in [1.165, 1.54) is 0 Å². The highest BCUT2D eigenvalue weighted by Gasteiger charge is 2.06. The summed E-state index contributed by atoms with van der Waals surface area (Å²) in [6.45, 7) is 1.10. The normalized spacial score (nSPS) is 10.7. The van der Waals surface area contributed by atoms with Crippen LogP contribution in [0.3, 0.4) is 0 Å². The maximum absolute atomic E-state index is 6.19. The molecule has 0 aliphatic carbocycles. The lowest BCUT2D eigenvalue weighted by Crippen LogP contribution is -2.27. The van der Waals surface area contributed by atoms with Crippen LogP contribution in [0.5, 0.6) is 0 Å². The van der Waals surface area contributed by atoms with Gasteiger partial charge in [0.25, 0.3) is 0 Å². The third-order valence-electron chi connectivity index (χ3n) is 3.44. The molecule has 0 aliphatic heterocycles. The first-order valence-electron chi connectivity index (χ1n) is 7.49. The monoisotopic (exact) mass is 394 g/mol. The minimum atomic E-state index is 0.509. The van der Waals surface area contributed by atoms with Gasteiger partial charge >= 0.3 is 0 Å². The minimum absolute atomic E-state index is 0.509. The van der Waals surface area contributed by atoms with E-state index in [9.17, 15) is 0 Å². The Morgan fingerprint density at radius 1 is 1.28 bits per heavy atom. The van der Waals surface area contributed by atoms with E-state index in [1.54, 1.807) is 21.6 Å². The molecule has 0 unspecified atom stereocenters. The number of nitrogens with one attached hydrogen (secondary N) is 2. The molecule has 2 heterocycles. The zero-order chi connectivity index (χ0) is 17.8. The SMILES string of the molecule is Cn1ccc(CNC(=S)Nc2cnn(Cc3ccc(Cl)cc3Cl)c2)n1. The number of rotatable bonds is 5. The highest BCUT2D eigenvalue weighted by atomic mass is 35.5. The van der Waals surface area contributed by atoms with Crippen LogP contribution >= 0.6 is 35.4 Å². The largest absolute Gasteiger partial charge is 0.357 e. The van der Waals surface area contributed by atoms with Crippen LogP contribution in [0.4, 0.5) is 5.69 Å². The Hall–Kier alpha value is -2.09. The van der Waals surface area contributed by atoms with Crippen LogP contribution in [-0.4, -0.2) is 24.7 Å². The van der Waals surface area contributed by atoms with Gasteiger partial charge in [0.1, 0.15) is 0 Å². The summed E-state index contributed by atoms with van der Waals surface area (Å²) < 4.78 is 3.53. The van der Waals surface area contributed by atoms with Gasteiger partial charge in [-0.1, -0.05) is 29.3 Å². The van der Waals surface area contributed by atoms with Crippen molar-refractivity contribution in [3.8, 4) is 0 Å². The van der Waals surface area contributed by atoms with E-state index in [2.05, 4.69) is 20.8 Å². The second-order valence-electron chi connectivity index (χ2n) is 5.45. The number of anilines is 1. The molecule has 2 N–H and O–H groups in total. The fourth-order valence-corrected chi connectivity index (χ4v) is 2.90. The number of nitrogens with zero attached hydrogens (tertiary/aromatic N) is 4. The molecule has 0 spiro atoms. The van der Waals surface area contributed by atoms with Crippen molar-refractivity contribution in [3.05, 3.63) is 64.2 Å².